The highest BCUT2D eigenvalue weighted by Gasteiger charge is 2.20. The zero-order chi connectivity index (χ0) is 19.8. The largest absolute Gasteiger partial charge is 0.359 e. The van der Waals surface area contributed by atoms with Gasteiger partial charge in [-0.1, -0.05) is 19.0 Å². The van der Waals surface area contributed by atoms with Crippen LogP contribution in [0.5, 0.6) is 0 Å². The number of aryl methyl sites for hydroxylation is 1. The molecule has 1 atom stereocenters. The first-order valence-corrected chi connectivity index (χ1v) is 8.76. The van der Waals surface area contributed by atoms with Gasteiger partial charge < -0.3 is 20.1 Å². The highest BCUT2D eigenvalue weighted by atomic mass is 16.5. The summed E-state index contributed by atoms with van der Waals surface area (Å²) in [5.74, 6) is 1.82. The molecule has 2 N–H and O–H groups in total. The van der Waals surface area contributed by atoms with Gasteiger partial charge >= 0.3 is 0 Å². The number of hydrogen-bond acceptors (Lipinski definition) is 8. The summed E-state index contributed by atoms with van der Waals surface area (Å²) >= 11 is 0. The summed E-state index contributed by atoms with van der Waals surface area (Å²) in [4.78, 5) is 22.9. The topological polar surface area (TPSA) is 120 Å². The number of nitrogens with zero attached hydrogens (tertiary/aromatic N) is 5. The molecule has 0 aliphatic carbocycles. The molecule has 0 aliphatic rings. The van der Waals surface area contributed by atoms with E-state index in [0.29, 0.717) is 36.4 Å². The third kappa shape index (κ3) is 6.26. The predicted molar refractivity (Wildman–Crippen MR) is 101 cm³/mol. The van der Waals surface area contributed by atoms with Gasteiger partial charge in [-0.2, -0.15) is 10.2 Å². The van der Waals surface area contributed by atoms with Crippen LogP contribution in [0.15, 0.2) is 22.9 Å². The van der Waals surface area contributed by atoms with Crippen LogP contribution in [0.3, 0.4) is 0 Å². The highest BCUT2D eigenvalue weighted by molar-refractivity contribution is 5.84. The number of amides is 1. The minimum Gasteiger partial charge on any atom is -0.359 e. The number of nitriles is 1. The molecule has 1 amide bonds. The van der Waals surface area contributed by atoms with Crippen molar-refractivity contribution in [1.29, 1.82) is 5.26 Å². The number of carbonyl (C=O) groups is 1. The molecule has 2 rings (SSSR count). The van der Waals surface area contributed by atoms with E-state index in [1.165, 1.54) is 0 Å². The van der Waals surface area contributed by atoms with Crippen molar-refractivity contribution in [1.82, 2.24) is 20.4 Å². The van der Waals surface area contributed by atoms with Crippen LogP contribution in [-0.2, 0) is 11.3 Å². The van der Waals surface area contributed by atoms with Crippen molar-refractivity contribution in [2.75, 3.05) is 23.8 Å². The maximum absolute atomic E-state index is 12.3. The number of nitrogens with one attached hydrogen (secondary N) is 2. The molecule has 0 saturated heterocycles. The monoisotopic (exact) mass is 371 g/mol. The molecule has 0 saturated carbocycles. The summed E-state index contributed by atoms with van der Waals surface area (Å²) in [6, 6.07) is 5.00. The molecule has 144 valence electrons. The molecule has 0 aromatic carbocycles. The number of hydrogen-bond donors (Lipinski definition) is 2. The van der Waals surface area contributed by atoms with Gasteiger partial charge in [0.05, 0.1) is 18.3 Å². The Labute approximate surface area is 158 Å². The van der Waals surface area contributed by atoms with Crippen LogP contribution in [0.4, 0.5) is 11.8 Å². The summed E-state index contributed by atoms with van der Waals surface area (Å²) in [7, 11) is 1.85. The van der Waals surface area contributed by atoms with Gasteiger partial charge in [0.1, 0.15) is 18.4 Å². The van der Waals surface area contributed by atoms with Gasteiger partial charge in [0.15, 0.2) is 5.76 Å². The minimum absolute atomic E-state index is 0.0243. The number of anilines is 2. The smallest absolute Gasteiger partial charge is 0.243 e. The fraction of sp³-hybridized carbons (Fsp3) is 0.500. The predicted octanol–water partition coefficient (Wildman–Crippen LogP) is 1.88. The third-order valence-corrected chi connectivity index (χ3v) is 3.74. The van der Waals surface area contributed by atoms with Crippen molar-refractivity contribution >= 4 is 17.7 Å². The van der Waals surface area contributed by atoms with Crippen LogP contribution >= 0.6 is 0 Å². The lowest BCUT2D eigenvalue weighted by Crippen LogP contribution is -2.41. The second-order valence-corrected chi connectivity index (χ2v) is 6.73. The van der Waals surface area contributed by atoms with Gasteiger partial charge in [0.2, 0.25) is 11.9 Å². The standard InChI is InChI=1S/C18H25N7O2/c1-12(2)9-15(17(26)20-8-6-19)22-16-5-7-21-18(23-16)25(4)11-14-10-13(3)24-27-14/h5,7,10,12,15H,8-9,11H2,1-4H3,(H,20,26)(H,21,22,23)/t15-/m0/s1. The molecule has 0 bridgehead atoms. The van der Waals surface area contributed by atoms with Crippen molar-refractivity contribution in [3.63, 3.8) is 0 Å². The SMILES string of the molecule is Cc1cc(CN(C)c2nccc(N[C@@H](CC(C)C)C(=O)NCC#N)n2)on1. The number of aromatic nitrogens is 3. The van der Waals surface area contributed by atoms with Crippen molar-refractivity contribution < 1.29 is 9.32 Å². The van der Waals surface area contributed by atoms with E-state index < -0.39 is 6.04 Å². The van der Waals surface area contributed by atoms with Crippen LogP contribution in [0.25, 0.3) is 0 Å². The summed E-state index contributed by atoms with van der Waals surface area (Å²) in [6.07, 6.45) is 2.25. The maximum atomic E-state index is 12.3. The Morgan fingerprint density at radius 1 is 1.44 bits per heavy atom. The first-order chi connectivity index (χ1) is 12.9. The van der Waals surface area contributed by atoms with E-state index in [0.717, 1.165) is 5.69 Å². The van der Waals surface area contributed by atoms with Gasteiger partial charge in [0, 0.05) is 19.3 Å². The molecule has 2 heterocycles. The lowest BCUT2D eigenvalue weighted by Gasteiger charge is -2.21. The van der Waals surface area contributed by atoms with Gasteiger partial charge in [-0.25, -0.2) is 4.98 Å². The van der Waals surface area contributed by atoms with Crippen molar-refractivity contribution in [3.05, 3.63) is 29.8 Å². The van der Waals surface area contributed by atoms with E-state index >= 15 is 0 Å². The molecule has 0 fully saturated rings. The van der Waals surface area contributed by atoms with Crippen molar-refractivity contribution in [2.24, 2.45) is 5.92 Å². The zero-order valence-electron chi connectivity index (χ0n) is 16.1. The van der Waals surface area contributed by atoms with E-state index in [4.69, 9.17) is 9.78 Å². The second-order valence-electron chi connectivity index (χ2n) is 6.73. The summed E-state index contributed by atoms with van der Waals surface area (Å²) in [5, 5.41) is 18.3. The van der Waals surface area contributed by atoms with E-state index in [1.54, 1.807) is 12.3 Å². The van der Waals surface area contributed by atoms with Gasteiger partial charge in [-0.05, 0) is 25.3 Å². The lowest BCUT2D eigenvalue weighted by molar-refractivity contribution is -0.121. The molecule has 27 heavy (non-hydrogen) atoms. The molecular formula is C18H25N7O2. The fourth-order valence-corrected chi connectivity index (χ4v) is 2.54. The zero-order valence-corrected chi connectivity index (χ0v) is 16.1. The molecule has 2 aromatic heterocycles. The molecule has 0 spiro atoms. The molecule has 9 heteroatoms. The minimum atomic E-state index is -0.483. The van der Waals surface area contributed by atoms with Crippen LogP contribution in [0, 0.1) is 24.2 Å². The Bertz CT molecular complexity index is 797. The molecular weight excluding hydrogens is 346 g/mol. The van der Waals surface area contributed by atoms with Crippen LogP contribution in [0.2, 0.25) is 0 Å². The first-order valence-electron chi connectivity index (χ1n) is 8.76. The lowest BCUT2D eigenvalue weighted by atomic mass is 10.0. The summed E-state index contributed by atoms with van der Waals surface area (Å²) < 4.78 is 5.22. The molecule has 0 aliphatic heterocycles. The van der Waals surface area contributed by atoms with Gasteiger partial charge in [-0.15, -0.1) is 0 Å². The number of rotatable bonds is 9. The van der Waals surface area contributed by atoms with E-state index in [1.807, 2.05) is 44.9 Å². The Morgan fingerprint density at radius 3 is 2.85 bits per heavy atom. The molecule has 2 aromatic rings. The maximum Gasteiger partial charge on any atom is 0.243 e. The highest BCUT2D eigenvalue weighted by Crippen LogP contribution is 2.16. The van der Waals surface area contributed by atoms with Gasteiger partial charge in [-0.3, -0.25) is 4.79 Å². The molecule has 0 radical (unpaired) electrons. The van der Waals surface area contributed by atoms with Crippen molar-refractivity contribution in [3.8, 4) is 6.07 Å². The van der Waals surface area contributed by atoms with E-state index in [9.17, 15) is 4.79 Å². The van der Waals surface area contributed by atoms with Crippen LogP contribution in [0.1, 0.15) is 31.7 Å². The summed E-state index contributed by atoms with van der Waals surface area (Å²) in [6.45, 7) is 6.38. The number of carbonyl (C=O) groups excluding carboxylic acids is 1. The Balaban J connectivity index is 2.09. The summed E-state index contributed by atoms with van der Waals surface area (Å²) in [5.41, 5.74) is 0.814. The van der Waals surface area contributed by atoms with E-state index in [-0.39, 0.29) is 12.5 Å². The second kappa shape index (κ2) is 9.52. The Kier molecular flexibility index (Phi) is 7.11. The normalized spacial score (nSPS) is 11.7. The van der Waals surface area contributed by atoms with Crippen LogP contribution < -0.4 is 15.5 Å². The molecule has 9 nitrogen and oxygen atoms in total. The third-order valence-electron chi connectivity index (χ3n) is 3.74. The van der Waals surface area contributed by atoms with E-state index in [2.05, 4.69) is 25.8 Å². The van der Waals surface area contributed by atoms with Crippen molar-refractivity contribution in [2.45, 2.75) is 39.8 Å². The van der Waals surface area contributed by atoms with Crippen LogP contribution in [-0.4, -0.2) is 40.7 Å². The molecule has 0 unspecified atom stereocenters. The average Bonchev–Trinajstić information content (AvgIpc) is 3.03. The Hall–Kier alpha value is -3.15. The van der Waals surface area contributed by atoms with Gasteiger partial charge in [0.25, 0.3) is 0 Å². The first kappa shape index (κ1) is 20.2. The quantitative estimate of drug-likeness (QED) is 0.641. The average molecular weight is 371 g/mol. The fourth-order valence-electron chi connectivity index (χ4n) is 2.54. The Morgan fingerprint density at radius 2 is 2.22 bits per heavy atom.